The third-order valence-electron chi connectivity index (χ3n) is 6.46. The van der Waals surface area contributed by atoms with Gasteiger partial charge < -0.3 is 10.0 Å². The summed E-state index contributed by atoms with van der Waals surface area (Å²) in [5, 5.41) is 18.8. The molecule has 3 rings (SSSR count). The first-order valence-corrected chi connectivity index (χ1v) is 10.2. The van der Waals surface area contributed by atoms with Crippen LogP contribution in [0.15, 0.2) is 42.0 Å². The van der Waals surface area contributed by atoms with Crippen LogP contribution in [0.2, 0.25) is 0 Å². The lowest BCUT2D eigenvalue weighted by atomic mass is 9.62. The van der Waals surface area contributed by atoms with Gasteiger partial charge in [-0.05, 0) is 83.3 Å². The molecule has 0 saturated heterocycles. The fourth-order valence-corrected chi connectivity index (χ4v) is 4.53. The second kappa shape index (κ2) is 7.20. The van der Waals surface area contributed by atoms with E-state index in [2.05, 4.69) is 60.6 Å². The van der Waals surface area contributed by atoms with Crippen molar-refractivity contribution < 1.29 is 10.0 Å². The van der Waals surface area contributed by atoms with Gasteiger partial charge in [-0.2, -0.15) is 0 Å². The lowest BCUT2D eigenvalue weighted by molar-refractivity contribution is 0.331. The molecule has 1 aliphatic rings. The molecule has 0 atom stereocenters. The summed E-state index contributed by atoms with van der Waals surface area (Å²) >= 11 is 0. The Bertz CT molecular complexity index is 914. The summed E-state index contributed by atoms with van der Waals surface area (Å²) < 4.78 is 0. The molecule has 0 unspecified atom stereocenters. The molecule has 2 nitrogen and oxygen atoms in total. The molecule has 1 aliphatic carbocycles. The van der Waals surface area contributed by atoms with E-state index in [1.807, 2.05) is 12.1 Å². The van der Waals surface area contributed by atoms with Crippen molar-refractivity contribution in [2.75, 3.05) is 0 Å². The molecule has 2 aromatic rings. The van der Waals surface area contributed by atoms with Crippen LogP contribution in [0.4, 0.5) is 0 Å². The van der Waals surface area contributed by atoms with E-state index in [1.165, 1.54) is 46.2 Å². The SMILES string of the molecule is CC(C)=C(c1ccc(B(O)O)cc1)c1cc2c(cc1C)C(C)(C)CCC2(C)C. The Kier molecular flexibility index (Phi) is 5.37. The molecule has 0 aromatic heterocycles. The first-order chi connectivity index (χ1) is 12.9. The van der Waals surface area contributed by atoms with Crippen molar-refractivity contribution in [2.24, 2.45) is 0 Å². The van der Waals surface area contributed by atoms with Crippen LogP contribution in [-0.4, -0.2) is 17.2 Å². The molecule has 0 aliphatic heterocycles. The quantitative estimate of drug-likeness (QED) is 0.751. The van der Waals surface area contributed by atoms with Crippen molar-refractivity contribution >= 4 is 18.2 Å². The Morgan fingerprint density at radius 1 is 0.857 bits per heavy atom. The summed E-state index contributed by atoms with van der Waals surface area (Å²) in [4.78, 5) is 0. The minimum absolute atomic E-state index is 0.172. The normalized spacial score (nSPS) is 17.0. The first-order valence-electron chi connectivity index (χ1n) is 10.2. The van der Waals surface area contributed by atoms with Gasteiger partial charge in [0.25, 0.3) is 0 Å². The zero-order valence-corrected chi connectivity index (χ0v) is 18.4. The van der Waals surface area contributed by atoms with Crippen LogP contribution in [0, 0.1) is 6.92 Å². The molecular formula is C25H33BO2. The zero-order chi connectivity index (χ0) is 20.9. The fraction of sp³-hybridized carbons (Fsp3) is 0.440. The molecule has 0 spiro atoms. The maximum absolute atomic E-state index is 9.41. The Hall–Kier alpha value is -1.84. The van der Waals surface area contributed by atoms with E-state index < -0.39 is 7.12 Å². The Morgan fingerprint density at radius 2 is 1.36 bits per heavy atom. The predicted molar refractivity (Wildman–Crippen MR) is 120 cm³/mol. The largest absolute Gasteiger partial charge is 0.488 e. The van der Waals surface area contributed by atoms with Crippen LogP contribution in [0.1, 0.15) is 82.2 Å². The fourth-order valence-electron chi connectivity index (χ4n) is 4.53. The maximum atomic E-state index is 9.41. The molecule has 0 heterocycles. The van der Waals surface area contributed by atoms with Crippen molar-refractivity contribution in [2.45, 2.75) is 72.1 Å². The van der Waals surface area contributed by atoms with Gasteiger partial charge >= 0.3 is 7.12 Å². The summed E-state index contributed by atoms with van der Waals surface area (Å²) in [7, 11) is -1.43. The number of allylic oxidation sites excluding steroid dienone is 1. The summed E-state index contributed by atoms with van der Waals surface area (Å²) in [5.41, 5.74) is 10.0. The minimum Gasteiger partial charge on any atom is -0.423 e. The van der Waals surface area contributed by atoms with Gasteiger partial charge in [0.1, 0.15) is 0 Å². The lowest BCUT2D eigenvalue weighted by Crippen LogP contribution is -2.34. The molecule has 28 heavy (non-hydrogen) atoms. The smallest absolute Gasteiger partial charge is 0.423 e. The number of hydrogen-bond acceptors (Lipinski definition) is 2. The number of benzene rings is 2. The topological polar surface area (TPSA) is 40.5 Å². The van der Waals surface area contributed by atoms with Gasteiger partial charge in [0, 0.05) is 0 Å². The van der Waals surface area contributed by atoms with Crippen molar-refractivity contribution in [1.29, 1.82) is 0 Å². The molecule has 0 fully saturated rings. The Morgan fingerprint density at radius 3 is 1.82 bits per heavy atom. The number of aryl methyl sites for hydroxylation is 1. The van der Waals surface area contributed by atoms with Crippen LogP contribution in [-0.2, 0) is 10.8 Å². The number of fused-ring (bicyclic) bond motifs is 1. The highest BCUT2D eigenvalue weighted by Crippen LogP contribution is 2.47. The molecule has 0 saturated carbocycles. The third-order valence-corrected chi connectivity index (χ3v) is 6.46. The van der Waals surface area contributed by atoms with Gasteiger partial charge in [-0.3, -0.25) is 0 Å². The maximum Gasteiger partial charge on any atom is 0.488 e. The van der Waals surface area contributed by atoms with Crippen LogP contribution < -0.4 is 5.46 Å². The van der Waals surface area contributed by atoms with Gasteiger partial charge in [-0.25, -0.2) is 0 Å². The van der Waals surface area contributed by atoms with Crippen molar-refractivity contribution in [3.8, 4) is 0 Å². The standard InChI is InChI=1S/C25H33BO2/c1-16(2)23(18-8-10-19(11-9-18)26(27)28)20-15-22-21(14-17(20)3)24(4,5)12-13-25(22,6)7/h8-11,14-15,27-28H,12-13H2,1-7H3. The van der Waals surface area contributed by atoms with E-state index in [4.69, 9.17) is 0 Å². The molecule has 2 N–H and O–H groups in total. The third kappa shape index (κ3) is 3.70. The van der Waals surface area contributed by atoms with E-state index in [1.54, 1.807) is 12.1 Å². The van der Waals surface area contributed by atoms with E-state index >= 15 is 0 Å². The average Bonchev–Trinajstić information content (AvgIpc) is 2.60. The second-order valence-electron chi connectivity index (χ2n) is 9.85. The van der Waals surface area contributed by atoms with E-state index in [0.717, 1.165) is 5.56 Å². The van der Waals surface area contributed by atoms with Crippen LogP contribution in [0.5, 0.6) is 0 Å². The van der Waals surface area contributed by atoms with E-state index in [9.17, 15) is 10.0 Å². The highest BCUT2D eigenvalue weighted by atomic mass is 16.4. The molecule has 0 bridgehead atoms. The minimum atomic E-state index is -1.43. The first kappa shape index (κ1) is 20.9. The van der Waals surface area contributed by atoms with Gasteiger partial charge in [-0.15, -0.1) is 0 Å². The molecule has 0 radical (unpaired) electrons. The Balaban J connectivity index is 2.20. The summed E-state index contributed by atoms with van der Waals surface area (Å²) in [6, 6.07) is 12.4. The lowest BCUT2D eigenvalue weighted by Gasteiger charge is -2.42. The number of hydrogen-bond donors (Lipinski definition) is 2. The van der Waals surface area contributed by atoms with Crippen molar-refractivity contribution in [3.63, 3.8) is 0 Å². The molecular weight excluding hydrogens is 343 g/mol. The van der Waals surface area contributed by atoms with Crippen molar-refractivity contribution in [3.05, 3.63) is 69.8 Å². The Labute approximate surface area is 170 Å². The highest BCUT2D eigenvalue weighted by molar-refractivity contribution is 6.58. The molecule has 2 aromatic carbocycles. The van der Waals surface area contributed by atoms with E-state index in [0.29, 0.717) is 5.46 Å². The average molecular weight is 376 g/mol. The monoisotopic (exact) mass is 376 g/mol. The van der Waals surface area contributed by atoms with Crippen molar-refractivity contribution in [1.82, 2.24) is 0 Å². The van der Waals surface area contributed by atoms with Crippen LogP contribution in [0.3, 0.4) is 0 Å². The predicted octanol–water partition coefficient (Wildman–Crippen LogP) is 4.87. The molecule has 3 heteroatoms. The summed E-state index contributed by atoms with van der Waals surface area (Å²) in [6.07, 6.45) is 2.41. The molecule has 0 amide bonds. The van der Waals surface area contributed by atoms with Crippen LogP contribution >= 0.6 is 0 Å². The second-order valence-corrected chi connectivity index (χ2v) is 9.85. The van der Waals surface area contributed by atoms with Crippen LogP contribution in [0.25, 0.3) is 5.57 Å². The van der Waals surface area contributed by atoms with Gasteiger partial charge in [0.2, 0.25) is 0 Å². The van der Waals surface area contributed by atoms with Gasteiger partial charge in [0.15, 0.2) is 0 Å². The summed E-state index contributed by atoms with van der Waals surface area (Å²) in [5.74, 6) is 0. The van der Waals surface area contributed by atoms with E-state index in [-0.39, 0.29) is 10.8 Å². The summed E-state index contributed by atoms with van der Waals surface area (Å²) in [6.45, 7) is 16.0. The highest BCUT2D eigenvalue weighted by Gasteiger charge is 2.37. The van der Waals surface area contributed by atoms with Gasteiger partial charge in [-0.1, -0.05) is 69.7 Å². The zero-order valence-electron chi connectivity index (χ0n) is 18.4. The molecule has 148 valence electrons. The number of rotatable bonds is 3. The van der Waals surface area contributed by atoms with Gasteiger partial charge in [0.05, 0.1) is 0 Å².